The third kappa shape index (κ3) is 2.46. The van der Waals surface area contributed by atoms with E-state index in [0.29, 0.717) is 12.0 Å². The Morgan fingerprint density at radius 1 is 1.35 bits per heavy atom. The number of nitrogens with zero attached hydrogens (tertiary/aromatic N) is 3. The first-order chi connectivity index (χ1) is 9.66. The van der Waals surface area contributed by atoms with Crippen molar-refractivity contribution in [2.75, 3.05) is 6.54 Å². The monoisotopic (exact) mass is 276 g/mol. The van der Waals surface area contributed by atoms with Gasteiger partial charge in [0.25, 0.3) is 0 Å². The molecule has 1 aliphatic carbocycles. The summed E-state index contributed by atoms with van der Waals surface area (Å²) in [6.07, 6.45) is 10.9. The highest BCUT2D eigenvalue weighted by Gasteiger charge is 2.37. The average Bonchev–Trinajstić information content (AvgIpc) is 2.91. The molecule has 3 atom stereocenters. The zero-order valence-electron chi connectivity index (χ0n) is 12.2. The molecule has 2 N–H and O–H groups in total. The first kappa shape index (κ1) is 13.6. The van der Waals surface area contributed by atoms with E-state index < -0.39 is 6.04 Å². The topological polar surface area (TPSA) is 64.2 Å². The molecule has 1 aromatic rings. The summed E-state index contributed by atoms with van der Waals surface area (Å²) < 4.78 is 1.70. The summed E-state index contributed by atoms with van der Waals surface area (Å²) in [7, 11) is 1.85. The Kier molecular flexibility index (Phi) is 3.78. The maximum atomic E-state index is 12.7. The summed E-state index contributed by atoms with van der Waals surface area (Å²) in [5, 5.41) is 4.11. The van der Waals surface area contributed by atoms with E-state index in [4.69, 9.17) is 5.73 Å². The molecule has 5 nitrogen and oxygen atoms in total. The van der Waals surface area contributed by atoms with Crippen LogP contribution in [0.2, 0.25) is 0 Å². The van der Waals surface area contributed by atoms with E-state index in [0.717, 1.165) is 24.9 Å². The minimum Gasteiger partial charge on any atom is -0.338 e. The maximum absolute atomic E-state index is 12.7. The average molecular weight is 276 g/mol. The van der Waals surface area contributed by atoms with Gasteiger partial charge in [0.1, 0.15) is 6.04 Å². The number of carbonyl (C=O) groups excluding carboxylic acids is 1. The largest absolute Gasteiger partial charge is 0.338 e. The van der Waals surface area contributed by atoms with Crippen molar-refractivity contribution in [1.29, 1.82) is 0 Å². The normalized spacial score (nSPS) is 28.0. The van der Waals surface area contributed by atoms with Crippen LogP contribution in [-0.4, -0.2) is 33.2 Å². The van der Waals surface area contributed by atoms with Crippen LogP contribution >= 0.6 is 0 Å². The predicted molar refractivity (Wildman–Crippen MR) is 76.8 cm³/mol. The molecule has 5 heteroatoms. The van der Waals surface area contributed by atoms with Crippen molar-refractivity contribution in [3.8, 4) is 0 Å². The lowest BCUT2D eigenvalue weighted by molar-refractivity contribution is -0.139. The highest BCUT2D eigenvalue weighted by Crippen LogP contribution is 2.36. The molecule has 0 radical (unpaired) electrons. The SMILES string of the molecule is Cn1cc(C(N)C(=O)N2CCCC3CCCCC32)cn1. The van der Waals surface area contributed by atoms with E-state index in [1.165, 1.54) is 25.7 Å². The van der Waals surface area contributed by atoms with Crippen molar-refractivity contribution in [3.05, 3.63) is 18.0 Å². The molecule has 3 unspecified atom stereocenters. The van der Waals surface area contributed by atoms with Crippen LogP contribution in [0.5, 0.6) is 0 Å². The number of likely N-dealkylation sites (tertiary alicyclic amines) is 1. The Morgan fingerprint density at radius 3 is 2.85 bits per heavy atom. The molecule has 20 heavy (non-hydrogen) atoms. The number of aromatic nitrogens is 2. The van der Waals surface area contributed by atoms with E-state index >= 15 is 0 Å². The molecule has 0 bridgehead atoms. The number of carbonyl (C=O) groups is 1. The van der Waals surface area contributed by atoms with Crippen LogP contribution in [0.4, 0.5) is 0 Å². The molecule has 0 aromatic carbocycles. The lowest BCUT2D eigenvalue weighted by Crippen LogP contribution is -2.52. The van der Waals surface area contributed by atoms with Gasteiger partial charge in [0.15, 0.2) is 0 Å². The van der Waals surface area contributed by atoms with Gasteiger partial charge in [-0.25, -0.2) is 0 Å². The number of hydrogen-bond donors (Lipinski definition) is 1. The maximum Gasteiger partial charge on any atom is 0.244 e. The Hall–Kier alpha value is -1.36. The Bertz CT molecular complexity index is 482. The van der Waals surface area contributed by atoms with Gasteiger partial charge in [-0.2, -0.15) is 5.10 Å². The Balaban J connectivity index is 1.75. The quantitative estimate of drug-likeness (QED) is 0.892. The molecule has 1 aliphatic heterocycles. The van der Waals surface area contributed by atoms with Gasteiger partial charge in [-0.05, 0) is 31.6 Å². The minimum atomic E-state index is -0.565. The fraction of sp³-hybridized carbons (Fsp3) is 0.733. The summed E-state index contributed by atoms with van der Waals surface area (Å²) in [4.78, 5) is 14.8. The molecule has 110 valence electrons. The van der Waals surface area contributed by atoms with Crippen molar-refractivity contribution in [2.24, 2.45) is 18.7 Å². The predicted octanol–water partition coefficient (Wildman–Crippen LogP) is 1.60. The fourth-order valence-corrected chi connectivity index (χ4v) is 3.82. The number of rotatable bonds is 2. The zero-order valence-corrected chi connectivity index (χ0v) is 12.2. The number of amides is 1. The van der Waals surface area contributed by atoms with Gasteiger partial charge in [0.05, 0.1) is 6.20 Å². The van der Waals surface area contributed by atoms with E-state index in [9.17, 15) is 4.79 Å². The van der Waals surface area contributed by atoms with Crippen molar-refractivity contribution >= 4 is 5.91 Å². The van der Waals surface area contributed by atoms with Crippen molar-refractivity contribution in [1.82, 2.24) is 14.7 Å². The lowest BCUT2D eigenvalue weighted by atomic mass is 9.78. The van der Waals surface area contributed by atoms with Gasteiger partial charge in [-0.15, -0.1) is 0 Å². The van der Waals surface area contributed by atoms with Crippen LogP contribution in [0.25, 0.3) is 0 Å². The summed E-state index contributed by atoms with van der Waals surface area (Å²) in [6.45, 7) is 0.869. The molecule has 1 aromatic heterocycles. The lowest BCUT2D eigenvalue weighted by Gasteiger charge is -2.44. The Morgan fingerprint density at radius 2 is 2.10 bits per heavy atom. The molecule has 2 heterocycles. The van der Waals surface area contributed by atoms with Crippen LogP contribution < -0.4 is 5.73 Å². The molecule has 3 rings (SSSR count). The second-order valence-corrected chi connectivity index (χ2v) is 6.21. The molecule has 1 saturated heterocycles. The number of piperidine rings is 1. The van der Waals surface area contributed by atoms with Crippen LogP contribution in [0, 0.1) is 5.92 Å². The molecule has 2 aliphatic rings. The standard InChI is InChI=1S/C15H24N4O/c1-18-10-12(9-17-18)14(16)15(20)19-8-4-6-11-5-2-3-7-13(11)19/h9-11,13-14H,2-8,16H2,1H3. The van der Waals surface area contributed by atoms with Gasteiger partial charge in [0.2, 0.25) is 5.91 Å². The van der Waals surface area contributed by atoms with Gasteiger partial charge in [-0.3, -0.25) is 9.48 Å². The summed E-state index contributed by atoms with van der Waals surface area (Å²) in [6, 6.07) is -0.142. The van der Waals surface area contributed by atoms with Crippen molar-refractivity contribution < 1.29 is 4.79 Å². The molecule has 1 amide bonds. The number of aryl methyl sites for hydroxylation is 1. The summed E-state index contributed by atoms with van der Waals surface area (Å²) >= 11 is 0. The van der Waals surface area contributed by atoms with Gasteiger partial charge in [-0.1, -0.05) is 12.8 Å². The smallest absolute Gasteiger partial charge is 0.244 e. The van der Waals surface area contributed by atoms with Crippen molar-refractivity contribution in [2.45, 2.75) is 50.6 Å². The summed E-state index contributed by atoms with van der Waals surface area (Å²) in [5.41, 5.74) is 6.98. The third-order valence-electron chi connectivity index (χ3n) is 4.88. The second kappa shape index (κ2) is 5.56. The fourth-order valence-electron chi connectivity index (χ4n) is 3.82. The molecule has 0 spiro atoms. The van der Waals surface area contributed by atoms with Gasteiger partial charge >= 0.3 is 0 Å². The zero-order chi connectivity index (χ0) is 14.1. The van der Waals surface area contributed by atoms with Crippen LogP contribution in [-0.2, 0) is 11.8 Å². The molecular formula is C15H24N4O. The molecule has 1 saturated carbocycles. The number of hydrogen-bond acceptors (Lipinski definition) is 3. The second-order valence-electron chi connectivity index (χ2n) is 6.21. The van der Waals surface area contributed by atoms with Gasteiger partial charge in [0, 0.05) is 31.4 Å². The number of fused-ring (bicyclic) bond motifs is 1. The van der Waals surface area contributed by atoms with E-state index in [1.807, 2.05) is 13.2 Å². The highest BCUT2D eigenvalue weighted by molar-refractivity contribution is 5.83. The van der Waals surface area contributed by atoms with Gasteiger partial charge < -0.3 is 10.6 Å². The van der Waals surface area contributed by atoms with Crippen LogP contribution in [0.3, 0.4) is 0 Å². The van der Waals surface area contributed by atoms with E-state index in [-0.39, 0.29) is 5.91 Å². The first-order valence-corrected chi connectivity index (χ1v) is 7.71. The highest BCUT2D eigenvalue weighted by atomic mass is 16.2. The van der Waals surface area contributed by atoms with E-state index in [1.54, 1.807) is 10.9 Å². The van der Waals surface area contributed by atoms with Crippen LogP contribution in [0.15, 0.2) is 12.4 Å². The molecular weight excluding hydrogens is 252 g/mol. The first-order valence-electron chi connectivity index (χ1n) is 7.71. The van der Waals surface area contributed by atoms with Crippen molar-refractivity contribution in [3.63, 3.8) is 0 Å². The third-order valence-corrected chi connectivity index (χ3v) is 4.88. The molecule has 2 fully saturated rings. The van der Waals surface area contributed by atoms with Crippen LogP contribution in [0.1, 0.15) is 50.1 Å². The number of nitrogens with two attached hydrogens (primary N) is 1. The Labute approximate surface area is 120 Å². The summed E-state index contributed by atoms with van der Waals surface area (Å²) in [5.74, 6) is 0.775. The minimum absolute atomic E-state index is 0.0783. The van der Waals surface area contributed by atoms with E-state index in [2.05, 4.69) is 10.00 Å².